The zero-order valence-corrected chi connectivity index (χ0v) is 16.5. The zero-order chi connectivity index (χ0) is 18.9. The van der Waals surface area contributed by atoms with Crippen LogP contribution in [0.5, 0.6) is 5.88 Å². The number of aromatic nitrogens is 4. The smallest absolute Gasteiger partial charge is 0.218 e. The average Bonchev–Trinajstić information content (AvgIpc) is 3.53. The number of hydrogen-bond acceptors (Lipinski definition) is 7. The number of rotatable bonds is 6. The normalized spacial score (nSPS) is 20.7. The summed E-state index contributed by atoms with van der Waals surface area (Å²) in [6, 6.07) is 5.16. The predicted molar refractivity (Wildman–Crippen MR) is 108 cm³/mol. The highest BCUT2D eigenvalue weighted by atomic mass is 16.5. The van der Waals surface area contributed by atoms with E-state index in [4.69, 9.17) is 9.72 Å². The van der Waals surface area contributed by atoms with Crippen molar-refractivity contribution in [3.8, 4) is 5.88 Å². The Kier molecular flexibility index (Phi) is 4.74. The number of hydrogen-bond donors (Lipinski definition) is 0. The Morgan fingerprint density at radius 1 is 1.00 bits per heavy atom. The Bertz CT molecular complexity index is 814. The van der Waals surface area contributed by atoms with Crippen molar-refractivity contribution < 1.29 is 4.74 Å². The van der Waals surface area contributed by atoms with E-state index in [1.165, 1.54) is 32.1 Å². The highest BCUT2D eigenvalue weighted by Gasteiger charge is 2.37. The summed E-state index contributed by atoms with van der Waals surface area (Å²) in [4.78, 5) is 23.1. The number of nitrogens with zero attached hydrogens (tertiary/aromatic N) is 6. The second-order valence-corrected chi connectivity index (χ2v) is 8.18. The summed E-state index contributed by atoms with van der Waals surface area (Å²) in [7, 11) is 1.66. The topological polar surface area (TPSA) is 67.3 Å². The Balaban J connectivity index is 1.28. The van der Waals surface area contributed by atoms with E-state index in [1.54, 1.807) is 13.4 Å². The average molecular weight is 380 g/mol. The molecule has 148 valence electrons. The number of piperidine rings is 1. The van der Waals surface area contributed by atoms with E-state index in [0.29, 0.717) is 23.9 Å². The summed E-state index contributed by atoms with van der Waals surface area (Å²) in [6.07, 6.45) is 12.1. The van der Waals surface area contributed by atoms with E-state index >= 15 is 0 Å². The Hall–Kier alpha value is -2.44. The van der Waals surface area contributed by atoms with Gasteiger partial charge in [-0.2, -0.15) is 0 Å². The van der Waals surface area contributed by atoms with Crippen molar-refractivity contribution >= 4 is 11.6 Å². The molecule has 7 nitrogen and oxygen atoms in total. The van der Waals surface area contributed by atoms with Crippen LogP contribution in [0.4, 0.5) is 11.6 Å². The lowest BCUT2D eigenvalue weighted by atomic mass is 9.85. The first-order chi connectivity index (χ1) is 13.8. The number of anilines is 2. The molecule has 0 spiro atoms. The summed E-state index contributed by atoms with van der Waals surface area (Å²) in [5.41, 5.74) is 0. The molecular formula is C21H28N6O. The molecule has 28 heavy (non-hydrogen) atoms. The van der Waals surface area contributed by atoms with E-state index in [9.17, 15) is 0 Å². The molecule has 0 radical (unpaired) electrons. The van der Waals surface area contributed by atoms with Gasteiger partial charge in [0.05, 0.1) is 7.11 Å². The van der Waals surface area contributed by atoms with Gasteiger partial charge >= 0.3 is 0 Å². The number of methoxy groups -OCH3 is 1. The van der Waals surface area contributed by atoms with E-state index in [-0.39, 0.29) is 0 Å². The second-order valence-electron chi connectivity index (χ2n) is 8.18. The first-order valence-corrected chi connectivity index (χ1v) is 10.5. The van der Waals surface area contributed by atoms with E-state index in [1.807, 2.05) is 12.3 Å². The Morgan fingerprint density at radius 2 is 1.79 bits per heavy atom. The van der Waals surface area contributed by atoms with Gasteiger partial charge in [0.2, 0.25) is 5.88 Å². The molecule has 2 aliphatic carbocycles. The molecule has 2 aromatic heterocycles. The minimum Gasteiger partial charge on any atom is -0.481 e. The van der Waals surface area contributed by atoms with E-state index in [0.717, 1.165) is 43.4 Å². The molecule has 0 N–H and O–H groups in total. The first-order valence-electron chi connectivity index (χ1n) is 10.5. The van der Waals surface area contributed by atoms with Crippen LogP contribution >= 0.6 is 0 Å². The van der Waals surface area contributed by atoms with Gasteiger partial charge in [0, 0.05) is 43.4 Å². The third kappa shape index (κ3) is 3.50. The summed E-state index contributed by atoms with van der Waals surface area (Å²) in [6.45, 7) is 2.05. The van der Waals surface area contributed by atoms with Crippen molar-refractivity contribution in [3.05, 3.63) is 30.5 Å². The van der Waals surface area contributed by atoms with Crippen molar-refractivity contribution in [3.63, 3.8) is 0 Å². The SMILES string of the molecule is COc1cc(N(C2CC2)C2CCN(c3ccnc(C4CCC4)n3)CC2)ncn1. The number of ether oxygens (including phenoxy) is 1. The second kappa shape index (κ2) is 7.53. The molecule has 0 atom stereocenters. The molecule has 2 aromatic rings. The largest absolute Gasteiger partial charge is 0.481 e. The van der Waals surface area contributed by atoms with E-state index in [2.05, 4.69) is 30.8 Å². The van der Waals surface area contributed by atoms with Crippen LogP contribution in [0.15, 0.2) is 24.7 Å². The van der Waals surface area contributed by atoms with Crippen LogP contribution in [-0.2, 0) is 0 Å². The molecular weight excluding hydrogens is 352 g/mol. The van der Waals surface area contributed by atoms with Gasteiger partial charge in [-0.05, 0) is 44.6 Å². The molecule has 0 bridgehead atoms. The predicted octanol–water partition coefficient (Wildman–Crippen LogP) is 3.18. The molecule has 5 rings (SSSR count). The Morgan fingerprint density at radius 3 is 2.46 bits per heavy atom. The lowest BCUT2D eigenvalue weighted by Crippen LogP contribution is -2.46. The fraction of sp³-hybridized carbons (Fsp3) is 0.619. The van der Waals surface area contributed by atoms with Gasteiger partial charge in [0.15, 0.2) is 0 Å². The van der Waals surface area contributed by atoms with Gasteiger partial charge in [-0.3, -0.25) is 0 Å². The van der Waals surface area contributed by atoms with Crippen molar-refractivity contribution in [2.75, 3.05) is 30.0 Å². The third-order valence-corrected chi connectivity index (χ3v) is 6.35. The summed E-state index contributed by atoms with van der Waals surface area (Å²) >= 11 is 0. The molecule has 2 saturated carbocycles. The van der Waals surface area contributed by atoms with Crippen molar-refractivity contribution in [1.29, 1.82) is 0 Å². The van der Waals surface area contributed by atoms with Crippen molar-refractivity contribution in [2.45, 2.75) is 62.9 Å². The lowest BCUT2D eigenvalue weighted by Gasteiger charge is -2.40. The van der Waals surface area contributed by atoms with E-state index < -0.39 is 0 Å². The summed E-state index contributed by atoms with van der Waals surface area (Å²) in [5.74, 6) is 4.35. The van der Waals surface area contributed by atoms with Gasteiger partial charge in [-0.1, -0.05) is 6.42 Å². The van der Waals surface area contributed by atoms with Crippen LogP contribution in [0, 0.1) is 0 Å². The zero-order valence-electron chi connectivity index (χ0n) is 16.5. The quantitative estimate of drug-likeness (QED) is 0.762. The lowest BCUT2D eigenvalue weighted by molar-refractivity contribution is 0.395. The molecule has 0 aromatic carbocycles. The van der Waals surface area contributed by atoms with Crippen LogP contribution in [0.2, 0.25) is 0 Å². The van der Waals surface area contributed by atoms with Crippen LogP contribution in [0.1, 0.15) is 56.7 Å². The molecule has 3 aliphatic rings. The van der Waals surface area contributed by atoms with Crippen LogP contribution in [0.25, 0.3) is 0 Å². The maximum Gasteiger partial charge on any atom is 0.218 e. The van der Waals surface area contributed by atoms with Gasteiger partial charge < -0.3 is 14.5 Å². The molecule has 1 aliphatic heterocycles. The summed E-state index contributed by atoms with van der Waals surface area (Å²) < 4.78 is 5.31. The molecule has 1 saturated heterocycles. The van der Waals surface area contributed by atoms with Crippen molar-refractivity contribution in [1.82, 2.24) is 19.9 Å². The standard InChI is InChI=1S/C21H28N6O/c1-28-20-13-19(23-14-24-20)27(16-5-6-16)17-8-11-26(12-9-17)18-7-10-22-21(25-18)15-3-2-4-15/h7,10,13-17H,2-6,8-9,11-12H2,1H3. The monoisotopic (exact) mass is 380 g/mol. The fourth-order valence-electron chi connectivity index (χ4n) is 4.38. The van der Waals surface area contributed by atoms with Gasteiger partial charge in [-0.15, -0.1) is 0 Å². The van der Waals surface area contributed by atoms with Crippen LogP contribution in [0.3, 0.4) is 0 Å². The van der Waals surface area contributed by atoms with Gasteiger partial charge in [0.25, 0.3) is 0 Å². The first kappa shape index (κ1) is 17.6. The minimum absolute atomic E-state index is 0.510. The minimum atomic E-state index is 0.510. The molecule has 3 fully saturated rings. The highest BCUT2D eigenvalue weighted by molar-refractivity contribution is 5.46. The molecule has 3 heterocycles. The molecule has 0 amide bonds. The van der Waals surface area contributed by atoms with Crippen LogP contribution in [-0.4, -0.2) is 52.2 Å². The maximum absolute atomic E-state index is 5.31. The summed E-state index contributed by atoms with van der Waals surface area (Å²) in [5, 5.41) is 0. The molecule has 0 unspecified atom stereocenters. The third-order valence-electron chi connectivity index (χ3n) is 6.35. The Labute approximate surface area is 166 Å². The van der Waals surface area contributed by atoms with Gasteiger partial charge in [-0.25, -0.2) is 19.9 Å². The van der Waals surface area contributed by atoms with Crippen LogP contribution < -0.4 is 14.5 Å². The molecule has 7 heteroatoms. The fourth-order valence-corrected chi connectivity index (χ4v) is 4.38. The van der Waals surface area contributed by atoms with Gasteiger partial charge in [0.1, 0.15) is 23.8 Å². The highest BCUT2D eigenvalue weighted by Crippen LogP contribution is 2.37. The van der Waals surface area contributed by atoms with Crippen molar-refractivity contribution in [2.24, 2.45) is 0 Å². The maximum atomic E-state index is 5.31.